The minimum absolute atomic E-state index is 0.0824. The van der Waals surface area contributed by atoms with Crippen LogP contribution in [0.4, 0.5) is 4.39 Å². The van der Waals surface area contributed by atoms with Crippen molar-refractivity contribution in [3.8, 4) is 0 Å². The molecule has 2 aromatic carbocycles. The predicted molar refractivity (Wildman–Crippen MR) is 77.1 cm³/mol. The first-order valence-corrected chi connectivity index (χ1v) is 6.37. The lowest BCUT2D eigenvalue weighted by Gasteiger charge is -2.15. The number of nitrogen functional groups attached to an aromatic ring is 1. The van der Waals surface area contributed by atoms with Crippen molar-refractivity contribution < 1.29 is 9.13 Å². The van der Waals surface area contributed by atoms with Gasteiger partial charge in [-0.25, -0.2) is 4.39 Å². The van der Waals surface area contributed by atoms with Crippen LogP contribution in [0.25, 0.3) is 0 Å². The molecule has 0 bridgehead atoms. The lowest BCUT2D eigenvalue weighted by Crippen LogP contribution is -2.15. The number of benzene rings is 2. The van der Waals surface area contributed by atoms with Gasteiger partial charge in [-0.1, -0.05) is 36.4 Å². The molecular weight excluding hydrogens is 255 g/mol. The van der Waals surface area contributed by atoms with Gasteiger partial charge in [0.15, 0.2) is 0 Å². The molecule has 3 N–H and O–H groups in total. The van der Waals surface area contributed by atoms with Crippen LogP contribution in [0.3, 0.4) is 0 Å². The van der Waals surface area contributed by atoms with Crippen LogP contribution in [0.1, 0.15) is 29.7 Å². The quantitative estimate of drug-likeness (QED) is 0.647. The van der Waals surface area contributed by atoms with Crippen LogP contribution >= 0.6 is 0 Å². The summed E-state index contributed by atoms with van der Waals surface area (Å²) < 4.78 is 18.9. The van der Waals surface area contributed by atoms with E-state index in [2.05, 4.69) is 0 Å². The summed E-state index contributed by atoms with van der Waals surface area (Å²) in [5, 5.41) is 7.48. The Labute approximate surface area is 117 Å². The van der Waals surface area contributed by atoms with Crippen molar-refractivity contribution in [1.82, 2.24) is 0 Å². The number of amidine groups is 1. The van der Waals surface area contributed by atoms with Gasteiger partial charge >= 0.3 is 0 Å². The van der Waals surface area contributed by atoms with Gasteiger partial charge in [0.05, 0.1) is 12.7 Å². The van der Waals surface area contributed by atoms with Gasteiger partial charge in [-0.2, -0.15) is 0 Å². The summed E-state index contributed by atoms with van der Waals surface area (Å²) in [7, 11) is 0. The third kappa shape index (κ3) is 3.42. The Hall–Kier alpha value is -2.20. The van der Waals surface area contributed by atoms with Crippen molar-refractivity contribution in [2.75, 3.05) is 0 Å². The Bertz CT molecular complexity index is 599. The van der Waals surface area contributed by atoms with Gasteiger partial charge in [-0.15, -0.1) is 0 Å². The Morgan fingerprint density at radius 3 is 2.60 bits per heavy atom. The summed E-state index contributed by atoms with van der Waals surface area (Å²) in [5.74, 6) is -0.564. The van der Waals surface area contributed by atoms with Crippen molar-refractivity contribution in [2.45, 2.75) is 19.6 Å². The van der Waals surface area contributed by atoms with Crippen molar-refractivity contribution in [1.29, 1.82) is 5.41 Å². The highest BCUT2D eigenvalue weighted by Crippen LogP contribution is 2.20. The first kappa shape index (κ1) is 14.2. The molecule has 0 aromatic heterocycles. The molecule has 2 aromatic rings. The second kappa shape index (κ2) is 6.30. The topological polar surface area (TPSA) is 59.1 Å². The summed E-state index contributed by atoms with van der Waals surface area (Å²) >= 11 is 0. The lowest BCUT2D eigenvalue weighted by atomic mass is 10.1. The van der Waals surface area contributed by atoms with Crippen molar-refractivity contribution >= 4 is 5.84 Å². The minimum Gasteiger partial charge on any atom is -0.384 e. The normalized spacial score (nSPS) is 12.1. The number of rotatable bonds is 5. The molecule has 1 unspecified atom stereocenters. The van der Waals surface area contributed by atoms with Crippen molar-refractivity contribution in [3.05, 3.63) is 71.0 Å². The first-order valence-electron chi connectivity index (χ1n) is 6.37. The average molecular weight is 272 g/mol. The van der Waals surface area contributed by atoms with E-state index in [0.717, 1.165) is 5.56 Å². The minimum atomic E-state index is -0.407. The summed E-state index contributed by atoms with van der Waals surface area (Å²) in [6.07, 6.45) is -0.0824. The highest BCUT2D eigenvalue weighted by Gasteiger charge is 2.10. The van der Waals surface area contributed by atoms with E-state index in [9.17, 15) is 4.39 Å². The van der Waals surface area contributed by atoms with E-state index in [1.807, 2.05) is 37.3 Å². The van der Waals surface area contributed by atoms with E-state index in [0.29, 0.717) is 11.1 Å². The van der Waals surface area contributed by atoms with E-state index >= 15 is 0 Å². The molecule has 0 saturated carbocycles. The van der Waals surface area contributed by atoms with Gasteiger partial charge in [0, 0.05) is 5.56 Å². The number of nitrogens with one attached hydrogen (secondary N) is 1. The zero-order chi connectivity index (χ0) is 14.5. The van der Waals surface area contributed by atoms with E-state index in [1.54, 1.807) is 6.07 Å². The van der Waals surface area contributed by atoms with Gasteiger partial charge in [-0.3, -0.25) is 5.41 Å². The first-order chi connectivity index (χ1) is 9.58. The van der Waals surface area contributed by atoms with Crippen LogP contribution in [0.2, 0.25) is 0 Å². The van der Waals surface area contributed by atoms with Crippen LogP contribution < -0.4 is 5.73 Å². The zero-order valence-corrected chi connectivity index (χ0v) is 11.3. The molecule has 0 spiro atoms. The summed E-state index contributed by atoms with van der Waals surface area (Å²) in [4.78, 5) is 0. The second-order valence-corrected chi connectivity index (χ2v) is 4.58. The maximum atomic E-state index is 13.2. The van der Waals surface area contributed by atoms with E-state index < -0.39 is 5.82 Å². The maximum Gasteiger partial charge on any atom is 0.123 e. The largest absolute Gasteiger partial charge is 0.384 e. The molecule has 0 radical (unpaired) electrons. The molecule has 0 fully saturated rings. The third-order valence-corrected chi connectivity index (χ3v) is 3.12. The fraction of sp³-hybridized carbons (Fsp3) is 0.188. The monoisotopic (exact) mass is 272 g/mol. The van der Waals surface area contributed by atoms with Gasteiger partial charge < -0.3 is 10.5 Å². The molecule has 4 heteroatoms. The van der Waals surface area contributed by atoms with Crippen LogP contribution in [0, 0.1) is 11.2 Å². The smallest absolute Gasteiger partial charge is 0.123 e. The standard InChI is InChI=1S/C16H17FN2O/c1-11(12-5-3-2-4-6-12)20-10-13-7-8-14(17)9-15(13)16(18)19/h2-9,11H,10H2,1H3,(H3,18,19). The van der Waals surface area contributed by atoms with Crippen LogP contribution in [0.5, 0.6) is 0 Å². The number of hydrogen-bond acceptors (Lipinski definition) is 2. The highest BCUT2D eigenvalue weighted by molar-refractivity contribution is 5.96. The second-order valence-electron chi connectivity index (χ2n) is 4.58. The molecule has 0 aliphatic rings. The van der Waals surface area contributed by atoms with Crippen molar-refractivity contribution in [3.63, 3.8) is 0 Å². The van der Waals surface area contributed by atoms with Crippen LogP contribution in [-0.2, 0) is 11.3 Å². The van der Waals surface area contributed by atoms with Gasteiger partial charge in [0.2, 0.25) is 0 Å². The molecule has 1 atom stereocenters. The van der Waals surface area contributed by atoms with Gasteiger partial charge in [-0.05, 0) is 30.2 Å². The Balaban J connectivity index is 2.09. The summed E-state index contributed by atoms with van der Waals surface area (Å²) in [5.41, 5.74) is 7.62. The van der Waals surface area contributed by atoms with E-state index in [-0.39, 0.29) is 18.5 Å². The van der Waals surface area contributed by atoms with Gasteiger partial charge in [0.25, 0.3) is 0 Å². The van der Waals surface area contributed by atoms with Crippen LogP contribution in [-0.4, -0.2) is 5.84 Å². The summed E-state index contributed by atoms with van der Waals surface area (Å²) in [6.45, 7) is 2.23. The number of halogens is 1. The molecule has 0 heterocycles. The molecule has 20 heavy (non-hydrogen) atoms. The molecular formula is C16H17FN2O. The molecule has 0 aliphatic carbocycles. The molecule has 3 nitrogen and oxygen atoms in total. The summed E-state index contributed by atoms with van der Waals surface area (Å²) in [6, 6.07) is 14.0. The molecule has 0 aliphatic heterocycles. The molecule has 104 valence electrons. The Morgan fingerprint density at radius 1 is 1.25 bits per heavy atom. The predicted octanol–water partition coefficient (Wildman–Crippen LogP) is 3.39. The third-order valence-electron chi connectivity index (χ3n) is 3.12. The molecule has 0 saturated heterocycles. The SMILES string of the molecule is CC(OCc1ccc(F)cc1C(=N)N)c1ccccc1. The van der Waals surface area contributed by atoms with Crippen molar-refractivity contribution in [2.24, 2.45) is 5.73 Å². The maximum absolute atomic E-state index is 13.2. The number of ether oxygens (including phenoxy) is 1. The van der Waals surface area contributed by atoms with Gasteiger partial charge in [0.1, 0.15) is 11.7 Å². The fourth-order valence-corrected chi connectivity index (χ4v) is 1.96. The fourth-order valence-electron chi connectivity index (χ4n) is 1.96. The van der Waals surface area contributed by atoms with E-state index in [4.69, 9.17) is 15.9 Å². The number of hydrogen-bond donors (Lipinski definition) is 2. The lowest BCUT2D eigenvalue weighted by molar-refractivity contribution is 0.0524. The van der Waals surface area contributed by atoms with E-state index in [1.165, 1.54) is 12.1 Å². The molecule has 2 rings (SSSR count). The molecule has 0 amide bonds. The zero-order valence-electron chi connectivity index (χ0n) is 11.3. The Morgan fingerprint density at radius 2 is 1.95 bits per heavy atom. The Kier molecular flexibility index (Phi) is 4.48. The number of nitrogens with two attached hydrogens (primary N) is 1. The highest BCUT2D eigenvalue weighted by atomic mass is 19.1. The average Bonchev–Trinajstić information content (AvgIpc) is 2.46. The van der Waals surface area contributed by atoms with Crippen LogP contribution in [0.15, 0.2) is 48.5 Å².